The number of nitrogens with two attached hydrogens (primary N) is 1. The molecule has 3 aliphatic rings. The summed E-state index contributed by atoms with van der Waals surface area (Å²) < 4.78 is 5.75. The molecular formula is C25H37BN2O4. The third-order valence-corrected chi connectivity index (χ3v) is 7.96. The van der Waals surface area contributed by atoms with Gasteiger partial charge in [-0.15, -0.1) is 0 Å². The first-order valence-corrected chi connectivity index (χ1v) is 12.4. The van der Waals surface area contributed by atoms with Crippen molar-refractivity contribution in [2.24, 2.45) is 17.1 Å². The van der Waals surface area contributed by atoms with E-state index in [1.165, 1.54) is 6.92 Å². The number of hydrogen-bond donors (Lipinski definition) is 3. The Morgan fingerprint density at radius 3 is 2.62 bits per heavy atom. The molecule has 1 aromatic carbocycles. The fraction of sp³-hybridized carbons (Fsp3) is 0.680. The van der Waals surface area contributed by atoms with Crippen molar-refractivity contribution in [2.75, 3.05) is 13.1 Å². The maximum absolute atomic E-state index is 13.4. The third-order valence-electron chi connectivity index (χ3n) is 7.96. The molecule has 32 heavy (non-hydrogen) atoms. The number of unbranched alkanes of at least 4 members (excludes halogenated alkanes) is 1. The number of ketones is 2. The van der Waals surface area contributed by atoms with Crippen LogP contribution in [0.2, 0.25) is 5.82 Å². The van der Waals surface area contributed by atoms with E-state index in [1.54, 1.807) is 6.07 Å². The summed E-state index contributed by atoms with van der Waals surface area (Å²) in [5.41, 5.74) is 6.80. The van der Waals surface area contributed by atoms with E-state index in [0.717, 1.165) is 70.0 Å². The van der Waals surface area contributed by atoms with Crippen LogP contribution in [0.5, 0.6) is 5.75 Å². The van der Waals surface area contributed by atoms with E-state index in [-0.39, 0.29) is 17.0 Å². The molecule has 0 aromatic heterocycles. The van der Waals surface area contributed by atoms with Gasteiger partial charge in [-0.2, -0.15) is 0 Å². The van der Waals surface area contributed by atoms with Gasteiger partial charge in [0.1, 0.15) is 11.5 Å². The number of nitrogens with one attached hydrogen (secondary N) is 1. The van der Waals surface area contributed by atoms with Crippen molar-refractivity contribution in [3.05, 3.63) is 29.3 Å². The minimum absolute atomic E-state index is 0.0787. The van der Waals surface area contributed by atoms with E-state index in [1.807, 2.05) is 12.1 Å². The number of hydrogen-bond acceptors (Lipinski definition) is 6. The Kier molecular flexibility index (Phi) is 7.38. The third kappa shape index (κ3) is 4.95. The highest BCUT2D eigenvalue weighted by atomic mass is 16.5. The predicted octanol–water partition coefficient (Wildman–Crippen LogP) is 3.30. The molecule has 1 aliphatic heterocycles. The molecule has 1 atom stereocenters. The second-order valence-electron chi connectivity index (χ2n) is 10.1. The van der Waals surface area contributed by atoms with Gasteiger partial charge in [0.25, 0.3) is 0 Å². The van der Waals surface area contributed by atoms with Gasteiger partial charge in [0.15, 0.2) is 5.78 Å². The number of carbonyl (C=O) groups is 2. The van der Waals surface area contributed by atoms with Crippen LogP contribution in [0.1, 0.15) is 80.6 Å². The smallest absolute Gasteiger partial charge is 0.526 e. The molecular weight excluding hydrogens is 403 g/mol. The molecule has 0 bridgehead atoms. The highest BCUT2D eigenvalue weighted by Crippen LogP contribution is 2.58. The molecule has 2 aliphatic carbocycles. The van der Waals surface area contributed by atoms with Gasteiger partial charge in [-0.1, -0.05) is 12.1 Å². The lowest BCUT2D eigenvalue weighted by molar-refractivity contribution is -0.127. The van der Waals surface area contributed by atoms with E-state index in [9.17, 15) is 14.6 Å². The Morgan fingerprint density at radius 2 is 1.97 bits per heavy atom. The fourth-order valence-electron chi connectivity index (χ4n) is 5.85. The summed E-state index contributed by atoms with van der Waals surface area (Å²) in [6, 6.07) is 6.07. The number of rotatable bonds is 10. The van der Waals surface area contributed by atoms with Crippen LogP contribution in [0.25, 0.3) is 0 Å². The minimum atomic E-state index is -1.05. The molecule has 1 aromatic rings. The second-order valence-corrected chi connectivity index (χ2v) is 10.1. The van der Waals surface area contributed by atoms with Gasteiger partial charge in [0, 0.05) is 23.7 Å². The Bertz CT molecular complexity index is 833. The summed E-state index contributed by atoms with van der Waals surface area (Å²) in [6.45, 7) is 3.29. The summed E-state index contributed by atoms with van der Waals surface area (Å²) in [6.07, 6.45) is 9.57. The zero-order valence-electron chi connectivity index (χ0n) is 19.3. The molecule has 0 spiro atoms. The topological polar surface area (TPSA) is 102 Å². The Morgan fingerprint density at radius 1 is 1.22 bits per heavy atom. The minimum Gasteiger partial charge on any atom is -0.535 e. The highest BCUT2D eigenvalue weighted by molar-refractivity contribution is 6.47. The van der Waals surface area contributed by atoms with Crippen LogP contribution in [-0.4, -0.2) is 42.8 Å². The van der Waals surface area contributed by atoms with Gasteiger partial charge in [-0.05, 0) is 95.3 Å². The summed E-state index contributed by atoms with van der Waals surface area (Å²) >= 11 is 0. The van der Waals surface area contributed by atoms with Crippen LogP contribution in [0, 0.1) is 11.3 Å². The van der Waals surface area contributed by atoms with Gasteiger partial charge < -0.3 is 20.7 Å². The Hall–Kier alpha value is -1.70. The van der Waals surface area contributed by atoms with Crippen LogP contribution in [0.4, 0.5) is 0 Å². The number of fused-ring (bicyclic) bond motifs is 1. The van der Waals surface area contributed by atoms with Crippen LogP contribution in [-0.2, 0) is 11.2 Å². The predicted molar refractivity (Wildman–Crippen MR) is 126 cm³/mol. The lowest BCUT2D eigenvalue weighted by Crippen LogP contribution is -2.40. The quantitative estimate of drug-likeness (QED) is 0.293. The van der Waals surface area contributed by atoms with Crippen LogP contribution in [0.3, 0.4) is 0 Å². The Balaban J connectivity index is 1.32. The van der Waals surface area contributed by atoms with Crippen LogP contribution < -0.4 is 15.7 Å². The number of para-hydroxylation sites is 1. The Labute approximate surface area is 191 Å². The van der Waals surface area contributed by atoms with Gasteiger partial charge in [-0.3, -0.25) is 9.59 Å². The summed E-state index contributed by atoms with van der Waals surface area (Å²) in [5.74, 6) is 0.917. The standard InChI is InChI=1S/C25H37BN2O4/c1-17(29)22-6-4-5-18-15-20(26(31)32-24(18)22)16-23(30)25(11-12-25)19-7-9-21(10-8-19)28-14-3-2-13-27/h4-6,19-21,28,31H,2-3,7-16,27H2,1H3/t19?,20-,21?/m1/s1. The largest absolute Gasteiger partial charge is 0.535 e. The van der Waals surface area contributed by atoms with E-state index in [2.05, 4.69) is 5.32 Å². The average molecular weight is 440 g/mol. The molecule has 0 radical (unpaired) electrons. The summed E-state index contributed by atoms with van der Waals surface area (Å²) in [5, 5.41) is 14.3. The van der Waals surface area contributed by atoms with Gasteiger partial charge in [0.2, 0.25) is 0 Å². The molecule has 7 heteroatoms. The number of benzene rings is 1. The van der Waals surface area contributed by atoms with Crippen molar-refractivity contribution in [1.29, 1.82) is 0 Å². The highest BCUT2D eigenvalue weighted by Gasteiger charge is 2.56. The van der Waals surface area contributed by atoms with Crippen molar-refractivity contribution in [1.82, 2.24) is 5.32 Å². The SMILES string of the molecule is CC(=O)c1cccc2c1OB(O)[C@@H](CC(=O)C1(C3CCC(NCCCCN)CC3)CC1)C2. The van der Waals surface area contributed by atoms with Crippen molar-refractivity contribution >= 4 is 18.7 Å². The summed E-state index contributed by atoms with van der Waals surface area (Å²) in [7, 11) is -1.05. The first kappa shape index (κ1) is 23.5. The number of Topliss-reactive ketones (excluding diaryl/α,β-unsaturated/α-hetero) is 2. The maximum Gasteiger partial charge on any atom is 0.526 e. The van der Waals surface area contributed by atoms with Crippen LogP contribution >= 0.6 is 0 Å². The summed E-state index contributed by atoms with van der Waals surface area (Å²) in [4.78, 5) is 25.3. The van der Waals surface area contributed by atoms with Crippen molar-refractivity contribution in [3.63, 3.8) is 0 Å². The molecule has 1 heterocycles. The van der Waals surface area contributed by atoms with Crippen molar-refractivity contribution in [3.8, 4) is 5.75 Å². The molecule has 4 N–H and O–H groups in total. The molecule has 4 rings (SSSR count). The molecule has 174 valence electrons. The first-order valence-electron chi connectivity index (χ1n) is 12.4. The molecule has 0 amide bonds. The van der Waals surface area contributed by atoms with Gasteiger partial charge in [0.05, 0.1) is 5.56 Å². The zero-order valence-corrected chi connectivity index (χ0v) is 19.3. The fourth-order valence-corrected chi connectivity index (χ4v) is 5.85. The van der Waals surface area contributed by atoms with E-state index in [0.29, 0.717) is 41.9 Å². The zero-order chi connectivity index (χ0) is 22.7. The molecule has 2 fully saturated rings. The second kappa shape index (κ2) is 10.1. The average Bonchev–Trinajstić information content (AvgIpc) is 3.59. The van der Waals surface area contributed by atoms with Crippen molar-refractivity contribution < 1.29 is 19.3 Å². The van der Waals surface area contributed by atoms with E-state index >= 15 is 0 Å². The lowest BCUT2D eigenvalue weighted by Gasteiger charge is -2.35. The van der Waals surface area contributed by atoms with Gasteiger partial charge in [-0.25, -0.2) is 0 Å². The first-order chi connectivity index (χ1) is 15.4. The van der Waals surface area contributed by atoms with Crippen molar-refractivity contribution in [2.45, 2.75) is 83.0 Å². The van der Waals surface area contributed by atoms with Gasteiger partial charge >= 0.3 is 7.12 Å². The normalized spacial score (nSPS) is 26.2. The molecule has 6 nitrogen and oxygen atoms in total. The monoisotopic (exact) mass is 440 g/mol. The number of carbonyl (C=O) groups excluding carboxylic acids is 2. The van der Waals surface area contributed by atoms with E-state index in [4.69, 9.17) is 10.4 Å². The lowest BCUT2D eigenvalue weighted by atomic mass is 9.62. The molecule has 0 saturated heterocycles. The van der Waals surface area contributed by atoms with Crippen LogP contribution in [0.15, 0.2) is 18.2 Å². The molecule has 2 saturated carbocycles. The van der Waals surface area contributed by atoms with E-state index < -0.39 is 7.12 Å². The molecule has 0 unspecified atom stereocenters. The maximum atomic E-state index is 13.4.